The average Bonchev–Trinajstić information content (AvgIpc) is 2.27. The van der Waals surface area contributed by atoms with Gasteiger partial charge in [-0.05, 0) is 23.0 Å². The summed E-state index contributed by atoms with van der Waals surface area (Å²) in [6.45, 7) is 8.77. The fourth-order valence-corrected chi connectivity index (χ4v) is 2.03. The third kappa shape index (κ3) is 1.80. The molecule has 0 N–H and O–H groups in total. The van der Waals surface area contributed by atoms with E-state index in [2.05, 4.69) is 49.8 Å². The molecule has 1 heterocycles. The van der Waals surface area contributed by atoms with Gasteiger partial charge in [0.05, 0.1) is 11.0 Å². The van der Waals surface area contributed by atoms with Crippen LogP contribution < -0.4 is 0 Å². The van der Waals surface area contributed by atoms with Crippen LogP contribution in [0.15, 0.2) is 24.5 Å². The highest BCUT2D eigenvalue weighted by molar-refractivity contribution is 5.82. The molecule has 1 aromatic carbocycles. The minimum atomic E-state index is 0.486. The van der Waals surface area contributed by atoms with Gasteiger partial charge in [0, 0.05) is 12.4 Å². The van der Waals surface area contributed by atoms with Crippen LogP contribution in [0.1, 0.15) is 50.7 Å². The van der Waals surface area contributed by atoms with Crippen molar-refractivity contribution in [1.82, 2.24) is 9.97 Å². The maximum absolute atomic E-state index is 4.48. The molecule has 0 fully saturated rings. The van der Waals surface area contributed by atoms with E-state index in [9.17, 15) is 0 Å². The van der Waals surface area contributed by atoms with Crippen molar-refractivity contribution in [2.75, 3.05) is 0 Å². The Morgan fingerprint density at radius 3 is 1.44 bits per heavy atom. The van der Waals surface area contributed by atoms with E-state index >= 15 is 0 Å². The van der Waals surface area contributed by atoms with Crippen molar-refractivity contribution in [3.8, 4) is 0 Å². The molecule has 2 rings (SSSR count). The van der Waals surface area contributed by atoms with Crippen molar-refractivity contribution in [3.05, 3.63) is 35.7 Å². The Morgan fingerprint density at radius 1 is 0.750 bits per heavy atom. The normalized spacial score (nSPS) is 11.6. The number of benzene rings is 1. The summed E-state index contributed by atoms with van der Waals surface area (Å²) < 4.78 is 0. The van der Waals surface area contributed by atoms with E-state index < -0.39 is 0 Å². The van der Waals surface area contributed by atoms with E-state index in [1.54, 1.807) is 12.4 Å². The third-order valence-electron chi connectivity index (χ3n) is 2.93. The first-order valence-electron chi connectivity index (χ1n) is 5.84. The lowest BCUT2D eigenvalue weighted by Crippen LogP contribution is -1.98. The smallest absolute Gasteiger partial charge is 0.0924 e. The van der Waals surface area contributed by atoms with Gasteiger partial charge in [-0.15, -0.1) is 0 Å². The molecule has 0 aliphatic carbocycles. The Bertz CT molecular complexity index is 455. The largest absolute Gasteiger partial charge is 0.253 e. The predicted octanol–water partition coefficient (Wildman–Crippen LogP) is 3.88. The van der Waals surface area contributed by atoms with Crippen molar-refractivity contribution >= 4 is 11.0 Å². The quantitative estimate of drug-likeness (QED) is 0.758. The third-order valence-corrected chi connectivity index (χ3v) is 2.93. The molecular weight excluding hydrogens is 196 g/mol. The second kappa shape index (κ2) is 4.20. The highest BCUT2D eigenvalue weighted by Crippen LogP contribution is 2.28. The van der Waals surface area contributed by atoms with Gasteiger partial charge in [0.2, 0.25) is 0 Å². The van der Waals surface area contributed by atoms with Gasteiger partial charge in [-0.25, -0.2) is 0 Å². The molecule has 84 valence electrons. The van der Waals surface area contributed by atoms with Gasteiger partial charge < -0.3 is 0 Å². The SMILES string of the molecule is CC(C)c1ccc(C(C)C)c2nccnc12. The molecule has 2 nitrogen and oxygen atoms in total. The molecular formula is C14H18N2. The number of nitrogens with zero attached hydrogens (tertiary/aromatic N) is 2. The molecule has 2 heteroatoms. The lowest BCUT2D eigenvalue weighted by molar-refractivity contribution is 0.852. The first-order valence-corrected chi connectivity index (χ1v) is 5.84. The lowest BCUT2D eigenvalue weighted by Gasteiger charge is -2.13. The van der Waals surface area contributed by atoms with Crippen LogP contribution in [0.4, 0.5) is 0 Å². The van der Waals surface area contributed by atoms with Gasteiger partial charge >= 0.3 is 0 Å². The van der Waals surface area contributed by atoms with Crippen LogP contribution in [0.25, 0.3) is 11.0 Å². The van der Waals surface area contributed by atoms with Crippen molar-refractivity contribution in [1.29, 1.82) is 0 Å². The lowest BCUT2D eigenvalue weighted by atomic mass is 9.94. The molecule has 1 aromatic heterocycles. The summed E-state index contributed by atoms with van der Waals surface area (Å²) in [5, 5.41) is 0. The highest BCUT2D eigenvalue weighted by Gasteiger charge is 2.12. The molecule has 16 heavy (non-hydrogen) atoms. The van der Waals surface area contributed by atoms with Gasteiger partial charge in [0.15, 0.2) is 0 Å². The van der Waals surface area contributed by atoms with E-state index in [4.69, 9.17) is 0 Å². The molecule has 0 aliphatic rings. The molecule has 0 saturated carbocycles. The summed E-state index contributed by atoms with van der Waals surface area (Å²) in [6, 6.07) is 4.38. The number of fused-ring (bicyclic) bond motifs is 1. The molecule has 0 spiro atoms. The monoisotopic (exact) mass is 214 g/mol. The summed E-state index contributed by atoms with van der Waals surface area (Å²) in [6.07, 6.45) is 3.55. The average molecular weight is 214 g/mol. The van der Waals surface area contributed by atoms with Gasteiger partial charge in [-0.3, -0.25) is 9.97 Å². The van der Waals surface area contributed by atoms with E-state index in [1.165, 1.54) is 11.1 Å². The Labute approximate surface area is 96.7 Å². The minimum absolute atomic E-state index is 0.486. The van der Waals surface area contributed by atoms with Crippen LogP contribution in [0, 0.1) is 0 Å². The van der Waals surface area contributed by atoms with Crippen LogP contribution in [-0.2, 0) is 0 Å². The molecule has 2 aromatic rings. The molecule has 0 bridgehead atoms. The molecule has 0 unspecified atom stereocenters. The Kier molecular flexibility index (Phi) is 2.90. The molecule has 0 aliphatic heterocycles. The van der Waals surface area contributed by atoms with Crippen molar-refractivity contribution in [2.24, 2.45) is 0 Å². The Hall–Kier alpha value is -1.44. The maximum atomic E-state index is 4.48. The van der Waals surface area contributed by atoms with E-state index in [-0.39, 0.29) is 0 Å². The van der Waals surface area contributed by atoms with E-state index in [1.807, 2.05) is 0 Å². The highest BCUT2D eigenvalue weighted by atomic mass is 14.8. The number of hydrogen-bond acceptors (Lipinski definition) is 2. The van der Waals surface area contributed by atoms with Crippen LogP contribution in [0.3, 0.4) is 0 Å². The maximum Gasteiger partial charge on any atom is 0.0924 e. The van der Waals surface area contributed by atoms with E-state index in [0.29, 0.717) is 11.8 Å². The van der Waals surface area contributed by atoms with Crippen molar-refractivity contribution in [3.63, 3.8) is 0 Å². The summed E-state index contributed by atoms with van der Waals surface area (Å²) in [5.41, 5.74) is 4.69. The second-order valence-electron chi connectivity index (χ2n) is 4.81. The zero-order valence-corrected chi connectivity index (χ0v) is 10.4. The summed E-state index contributed by atoms with van der Waals surface area (Å²) >= 11 is 0. The van der Waals surface area contributed by atoms with Crippen LogP contribution in [0.2, 0.25) is 0 Å². The summed E-state index contributed by atoms with van der Waals surface area (Å²) in [7, 11) is 0. The summed E-state index contributed by atoms with van der Waals surface area (Å²) in [4.78, 5) is 8.97. The minimum Gasteiger partial charge on any atom is -0.253 e. The standard InChI is InChI=1S/C14H18N2/c1-9(2)11-5-6-12(10(3)4)14-13(11)15-7-8-16-14/h5-10H,1-4H3. The Morgan fingerprint density at radius 2 is 1.12 bits per heavy atom. The van der Waals surface area contributed by atoms with Crippen LogP contribution in [0.5, 0.6) is 0 Å². The molecule has 0 radical (unpaired) electrons. The van der Waals surface area contributed by atoms with Gasteiger partial charge in [0.1, 0.15) is 0 Å². The topological polar surface area (TPSA) is 25.8 Å². The van der Waals surface area contributed by atoms with Gasteiger partial charge in [0.25, 0.3) is 0 Å². The van der Waals surface area contributed by atoms with Gasteiger partial charge in [-0.1, -0.05) is 39.8 Å². The second-order valence-corrected chi connectivity index (χ2v) is 4.81. The Balaban J connectivity index is 2.77. The van der Waals surface area contributed by atoms with Crippen LogP contribution in [-0.4, -0.2) is 9.97 Å². The molecule has 0 amide bonds. The first kappa shape index (κ1) is 11.1. The predicted molar refractivity (Wildman–Crippen MR) is 67.7 cm³/mol. The van der Waals surface area contributed by atoms with Gasteiger partial charge in [-0.2, -0.15) is 0 Å². The number of rotatable bonds is 2. The first-order chi connectivity index (χ1) is 7.61. The summed E-state index contributed by atoms with van der Waals surface area (Å²) in [5.74, 6) is 0.973. The van der Waals surface area contributed by atoms with E-state index in [0.717, 1.165) is 11.0 Å². The zero-order valence-electron chi connectivity index (χ0n) is 10.4. The van der Waals surface area contributed by atoms with Crippen molar-refractivity contribution < 1.29 is 0 Å². The zero-order chi connectivity index (χ0) is 11.7. The molecule has 0 saturated heterocycles. The van der Waals surface area contributed by atoms with Crippen molar-refractivity contribution in [2.45, 2.75) is 39.5 Å². The van der Waals surface area contributed by atoms with Crippen LogP contribution >= 0.6 is 0 Å². The fourth-order valence-electron chi connectivity index (χ4n) is 2.03. The fraction of sp³-hybridized carbons (Fsp3) is 0.429. The number of hydrogen-bond donors (Lipinski definition) is 0. The molecule has 0 atom stereocenters. The number of aromatic nitrogens is 2.